The Morgan fingerprint density at radius 1 is 0.821 bits per heavy atom. The molecular formula is C21H23ClN6. The van der Waals surface area contributed by atoms with E-state index in [4.69, 9.17) is 11.6 Å². The van der Waals surface area contributed by atoms with Crippen molar-refractivity contribution < 1.29 is 0 Å². The second-order valence-electron chi connectivity index (χ2n) is 6.86. The molecule has 28 heavy (non-hydrogen) atoms. The van der Waals surface area contributed by atoms with Gasteiger partial charge in [-0.05, 0) is 61.6 Å². The van der Waals surface area contributed by atoms with Crippen LogP contribution in [0.5, 0.6) is 0 Å². The van der Waals surface area contributed by atoms with Gasteiger partial charge < -0.3 is 20.4 Å². The quantitative estimate of drug-likeness (QED) is 0.670. The van der Waals surface area contributed by atoms with E-state index in [1.807, 2.05) is 30.3 Å². The summed E-state index contributed by atoms with van der Waals surface area (Å²) in [5.41, 5.74) is 3.14. The van der Waals surface area contributed by atoms with Crippen molar-refractivity contribution in [1.29, 1.82) is 0 Å². The van der Waals surface area contributed by atoms with E-state index in [1.165, 1.54) is 5.69 Å². The van der Waals surface area contributed by atoms with Crippen LogP contribution < -0.4 is 15.5 Å². The number of anilines is 5. The molecule has 1 saturated heterocycles. The molecule has 1 aromatic heterocycles. The van der Waals surface area contributed by atoms with E-state index in [0.717, 1.165) is 43.4 Å². The average Bonchev–Trinajstić information content (AvgIpc) is 2.71. The van der Waals surface area contributed by atoms with Gasteiger partial charge >= 0.3 is 0 Å². The fourth-order valence-corrected chi connectivity index (χ4v) is 3.24. The predicted octanol–water partition coefficient (Wildman–Crippen LogP) is 4.37. The fourth-order valence-electron chi connectivity index (χ4n) is 3.12. The summed E-state index contributed by atoms with van der Waals surface area (Å²) in [5, 5.41) is 7.22. The van der Waals surface area contributed by atoms with Crippen LogP contribution in [0, 0.1) is 0 Å². The molecule has 2 N–H and O–H groups in total. The maximum Gasteiger partial charge on any atom is 0.229 e. The Bertz CT molecular complexity index is 905. The second-order valence-corrected chi connectivity index (χ2v) is 7.30. The summed E-state index contributed by atoms with van der Waals surface area (Å²) in [4.78, 5) is 13.6. The Balaban J connectivity index is 1.40. The van der Waals surface area contributed by atoms with Gasteiger partial charge in [-0.15, -0.1) is 0 Å². The zero-order chi connectivity index (χ0) is 19.3. The van der Waals surface area contributed by atoms with Gasteiger partial charge in [-0.25, -0.2) is 4.98 Å². The summed E-state index contributed by atoms with van der Waals surface area (Å²) >= 11 is 5.92. The number of hydrogen-bond acceptors (Lipinski definition) is 6. The lowest BCUT2D eigenvalue weighted by molar-refractivity contribution is 0.313. The van der Waals surface area contributed by atoms with E-state index >= 15 is 0 Å². The van der Waals surface area contributed by atoms with Gasteiger partial charge in [0.15, 0.2) is 0 Å². The van der Waals surface area contributed by atoms with E-state index in [-0.39, 0.29) is 0 Å². The van der Waals surface area contributed by atoms with E-state index in [2.05, 4.69) is 61.7 Å². The summed E-state index contributed by atoms with van der Waals surface area (Å²) in [6.45, 7) is 4.33. The number of rotatable bonds is 5. The van der Waals surface area contributed by atoms with Crippen LogP contribution in [0.1, 0.15) is 0 Å². The molecular weight excluding hydrogens is 372 g/mol. The van der Waals surface area contributed by atoms with Crippen molar-refractivity contribution in [3.63, 3.8) is 0 Å². The van der Waals surface area contributed by atoms with Gasteiger partial charge in [-0.2, -0.15) is 4.98 Å². The third-order valence-corrected chi connectivity index (χ3v) is 5.02. The van der Waals surface area contributed by atoms with Gasteiger partial charge in [0.2, 0.25) is 5.95 Å². The number of nitrogens with one attached hydrogen (secondary N) is 2. The molecule has 144 valence electrons. The Morgan fingerprint density at radius 2 is 1.46 bits per heavy atom. The molecule has 7 heteroatoms. The summed E-state index contributed by atoms with van der Waals surface area (Å²) in [7, 11) is 2.17. The Kier molecular flexibility index (Phi) is 5.60. The first-order valence-corrected chi connectivity index (χ1v) is 9.70. The van der Waals surface area contributed by atoms with Crippen LogP contribution in [-0.2, 0) is 0 Å². The van der Waals surface area contributed by atoms with Gasteiger partial charge in [0.05, 0.1) is 0 Å². The molecule has 6 nitrogen and oxygen atoms in total. The Hall–Kier alpha value is -2.83. The molecule has 1 fully saturated rings. The summed E-state index contributed by atoms with van der Waals surface area (Å²) in [6.07, 6.45) is 1.73. The molecule has 1 aliphatic rings. The normalized spacial score (nSPS) is 14.7. The standard InChI is InChI=1S/C21H23ClN6/c1-27-12-14-28(15-13-27)19-8-6-17(7-9-19)24-20-10-11-23-21(26-20)25-18-4-2-16(22)3-5-18/h2-11H,12-15H2,1H3,(H2,23,24,25,26). The number of nitrogens with zero attached hydrogens (tertiary/aromatic N) is 4. The largest absolute Gasteiger partial charge is 0.369 e. The van der Waals surface area contributed by atoms with Gasteiger partial charge in [0, 0.05) is 54.5 Å². The lowest BCUT2D eigenvalue weighted by Gasteiger charge is -2.34. The molecule has 0 spiro atoms. The highest BCUT2D eigenvalue weighted by Gasteiger charge is 2.14. The first-order valence-electron chi connectivity index (χ1n) is 9.32. The fraction of sp³-hybridized carbons (Fsp3) is 0.238. The minimum atomic E-state index is 0.529. The third-order valence-electron chi connectivity index (χ3n) is 4.76. The van der Waals surface area contributed by atoms with Crippen LogP contribution in [0.15, 0.2) is 60.8 Å². The zero-order valence-corrected chi connectivity index (χ0v) is 16.5. The molecule has 4 rings (SSSR count). The van der Waals surface area contributed by atoms with E-state index in [0.29, 0.717) is 11.0 Å². The monoisotopic (exact) mass is 394 g/mol. The number of piperazine rings is 1. The first-order chi connectivity index (χ1) is 13.7. The van der Waals surface area contributed by atoms with Crippen molar-refractivity contribution in [3.8, 4) is 0 Å². The van der Waals surface area contributed by atoms with Gasteiger partial charge in [0.1, 0.15) is 5.82 Å². The van der Waals surface area contributed by atoms with Crippen LogP contribution >= 0.6 is 11.6 Å². The number of aromatic nitrogens is 2. The first kappa shape index (κ1) is 18.5. The molecule has 0 radical (unpaired) electrons. The van der Waals surface area contributed by atoms with Crippen LogP contribution in [0.4, 0.5) is 28.8 Å². The summed E-state index contributed by atoms with van der Waals surface area (Å²) in [6, 6.07) is 17.8. The molecule has 0 amide bonds. The molecule has 0 unspecified atom stereocenters. The molecule has 2 aromatic carbocycles. The minimum Gasteiger partial charge on any atom is -0.369 e. The topological polar surface area (TPSA) is 56.3 Å². The maximum atomic E-state index is 5.92. The molecule has 0 aliphatic carbocycles. The van der Waals surface area contributed by atoms with Crippen molar-refractivity contribution >= 4 is 40.4 Å². The van der Waals surface area contributed by atoms with Crippen LogP contribution in [0.25, 0.3) is 0 Å². The Morgan fingerprint density at radius 3 is 2.18 bits per heavy atom. The van der Waals surface area contributed by atoms with Crippen LogP contribution in [0.2, 0.25) is 5.02 Å². The van der Waals surface area contributed by atoms with E-state index < -0.39 is 0 Å². The predicted molar refractivity (Wildman–Crippen MR) is 116 cm³/mol. The molecule has 0 saturated carbocycles. The molecule has 0 bridgehead atoms. The zero-order valence-electron chi connectivity index (χ0n) is 15.8. The van der Waals surface area contributed by atoms with Crippen molar-refractivity contribution in [2.45, 2.75) is 0 Å². The number of likely N-dealkylation sites (N-methyl/N-ethyl adjacent to an activating group) is 1. The average molecular weight is 395 g/mol. The summed E-state index contributed by atoms with van der Waals surface area (Å²) in [5.74, 6) is 1.26. The maximum absolute atomic E-state index is 5.92. The molecule has 1 aliphatic heterocycles. The second kappa shape index (κ2) is 8.46. The lowest BCUT2D eigenvalue weighted by atomic mass is 10.2. The van der Waals surface area contributed by atoms with Crippen molar-refractivity contribution in [2.24, 2.45) is 0 Å². The number of benzene rings is 2. The van der Waals surface area contributed by atoms with Gasteiger partial charge in [-0.3, -0.25) is 0 Å². The molecule has 2 heterocycles. The van der Waals surface area contributed by atoms with Crippen molar-refractivity contribution in [2.75, 3.05) is 48.8 Å². The molecule has 0 atom stereocenters. The highest BCUT2D eigenvalue weighted by Crippen LogP contribution is 2.22. The van der Waals surface area contributed by atoms with E-state index in [1.54, 1.807) is 6.20 Å². The Labute approximate surface area is 170 Å². The number of hydrogen-bond donors (Lipinski definition) is 2. The highest BCUT2D eigenvalue weighted by molar-refractivity contribution is 6.30. The lowest BCUT2D eigenvalue weighted by Crippen LogP contribution is -2.44. The summed E-state index contributed by atoms with van der Waals surface area (Å²) < 4.78 is 0. The molecule has 3 aromatic rings. The highest BCUT2D eigenvalue weighted by atomic mass is 35.5. The van der Waals surface area contributed by atoms with Crippen LogP contribution in [-0.4, -0.2) is 48.1 Å². The van der Waals surface area contributed by atoms with Gasteiger partial charge in [0.25, 0.3) is 0 Å². The smallest absolute Gasteiger partial charge is 0.229 e. The number of halogens is 1. The SMILES string of the molecule is CN1CCN(c2ccc(Nc3ccnc(Nc4ccc(Cl)cc4)n3)cc2)CC1. The van der Waals surface area contributed by atoms with Gasteiger partial charge in [-0.1, -0.05) is 11.6 Å². The van der Waals surface area contributed by atoms with Crippen molar-refractivity contribution in [3.05, 3.63) is 65.8 Å². The van der Waals surface area contributed by atoms with Crippen molar-refractivity contribution in [1.82, 2.24) is 14.9 Å². The third kappa shape index (κ3) is 4.71. The van der Waals surface area contributed by atoms with Crippen LogP contribution in [0.3, 0.4) is 0 Å². The van der Waals surface area contributed by atoms with E-state index in [9.17, 15) is 0 Å². The minimum absolute atomic E-state index is 0.529.